The number of H-pyrrole nitrogens is 1. The lowest BCUT2D eigenvalue weighted by atomic mass is 9.96. The Kier molecular flexibility index (Phi) is 3.35. The molecule has 0 fully saturated rings. The van der Waals surface area contributed by atoms with Crippen LogP contribution in [0.5, 0.6) is 0 Å². The van der Waals surface area contributed by atoms with Crippen LogP contribution in [0.1, 0.15) is 25.2 Å². The first-order chi connectivity index (χ1) is 8.50. The van der Waals surface area contributed by atoms with Gasteiger partial charge in [0.25, 0.3) is 0 Å². The maximum atomic E-state index is 8.93. The fourth-order valence-electron chi connectivity index (χ4n) is 1.85. The third kappa shape index (κ3) is 2.88. The van der Waals surface area contributed by atoms with Crippen molar-refractivity contribution in [1.82, 2.24) is 15.3 Å². The third-order valence-electron chi connectivity index (χ3n) is 2.86. The first-order valence-corrected chi connectivity index (χ1v) is 6.07. The number of nitrogens with zero attached hydrogens (tertiary/aromatic N) is 2. The molecule has 0 amide bonds. The van der Waals surface area contributed by atoms with Crippen molar-refractivity contribution in [3.63, 3.8) is 0 Å². The number of benzene rings is 1. The van der Waals surface area contributed by atoms with Crippen molar-refractivity contribution in [2.75, 3.05) is 6.54 Å². The predicted octanol–water partition coefficient (Wildman–Crippen LogP) is 2.51. The van der Waals surface area contributed by atoms with E-state index < -0.39 is 0 Å². The Balaban J connectivity index is 2.02. The molecule has 0 saturated heterocycles. The van der Waals surface area contributed by atoms with Gasteiger partial charge in [-0.15, -0.1) is 0 Å². The number of fused-ring (bicyclic) bond motifs is 1. The largest absolute Gasteiger partial charge is 0.342 e. The number of imidazole rings is 1. The molecule has 0 atom stereocenters. The van der Waals surface area contributed by atoms with Crippen LogP contribution in [0.25, 0.3) is 11.0 Å². The summed E-state index contributed by atoms with van der Waals surface area (Å²) in [6, 6.07) is 8.46. The van der Waals surface area contributed by atoms with E-state index in [0.717, 1.165) is 23.4 Å². The van der Waals surface area contributed by atoms with Gasteiger partial charge in [0.2, 0.25) is 0 Å². The Morgan fingerprint density at radius 2 is 2.22 bits per heavy atom. The molecule has 4 heteroatoms. The second-order valence-electron chi connectivity index (χ2n) is 5.27. The van der Waals surface area contributed by atoms with E-state index in [1.54, 1.807) is 0 Å². The maximum Gasteiger partial charge on any atom is 0.104 e. The molecular weight excluding hydrogens is 224 g/mol. The highest BCUT2D eigenvalue weighted by Crippen LogP contribution is 2.14. The van der Waals surface area contributed by atoms with Gasteiger partial charge in [0, 0.05) is 13.1 Å². The van der Waals surface area contributed by atoms with E-state index >= 15 is 0 Å². The number of nitriles is 1. The molecule has 1 heterocycles. The van der Waals surface area contributed by atoms with Crippen LogP contribution in [-0.4, -0.2) is 16.5 Å². The van der Waals surface area contributed by atoms with Gasteiger partial charge in [-0.2, -0.15) is 5.26 Å². The Labute approximate surface area is 107 Å². The average molecular weight is 242 g/mol. The molecule has 1 aromatic heterocycles. The maximum absolute atomic E-state index is 8.93. The van der Waals surface area contributed by atoms with E-state index in [-0.39, 0.29) is 5.41 Å². The van der Waals surface area contributed by atoms with E-state index in [1.165, 1.54) is 5.56 Å². The smallest absolute Gasteiger partial charge is 0.104 e. The Morgan fingerprint density at radius 3 is 2.94 bits per heavy atom. The van der Waals surface area contributed by atoms with Crippen molar-refractivity contribution < 1.29 is 0 Å². The second-order valence-corrected chi connectivity index (χ2v) is 5.27. The van der Waals surface area contributed by atoms with E-state index in [4.69, 9.17) is 5.26 Å². The van der Waals surface area contributed by atoms with Gasteiger partial charge in [-0.25, -0.2) is 4.98 Å². The quantitative estimate of drug-likeness (QED) is 0.865. The summed E-state index contributed by atoms with van der Waals surface area (Å²) in [5.74, 6) is 0.931. The second kappa shape index (κ2) is 4.79. The number of aromatic nitrogens is 2. The van der Waals surface area contributed by atoms with Crippen molar-refractivity contribution >= 4 is 11.0 Å². The molecule has 0 radical (unpaired) electrons. The minimum Gasteiger partial charge on any atom is -0.342 e. The first-order valence-electron chi connectivity index (χ1n) is 6.07. The molecule has 4 nitrogen and oxygen atoms in total. The van der Waals surface area contributed by atoms with Gasteiger partial charge in [0.1, 0.15) is 5.82 Å². The van der Waals surface area contributed by atoms with Crippen LogP contribution in [0, 0.1) is 23.7 Å². The first kappa shape index (κ1) is 12.6. The molecule has 18 heavy (non-hydrogen) atoms. The van der Waals surface area contributed by atoms with E-state index in [9.17, 15) is 0 Å². The normalized spacial score (nSPS) is 11.7. The van der Waals surface area contributed by atoms with Crippen LogP contribution in [0.3, 0.4) is 0 Å². The number of aryl methyl sites for hydroxylation is 1. The van der Waals surface area contributed by atoms with E-state index in [0.29, 0.717) is 6.54 Å². The molecule has 0 saturated carbocycles. The standard InChI is InChI=1S/C14H18N4/c1-10-17-12-5-4-11(6-13(12)18-10)7-16-9-14(2,3)8-15/h4-6,16H,7,9H2,1-3H3,(H,17,18). The minimum absolute atomic E-state index is 0.325. The summed E-state index contributed by atoms with van der Waals surface area (Å²) in [7, 11) is 0. The SMILES string of the molecule is Cc1nc2ccc(CNCC(C)(C)C#N)cc2[nH]1. The summed E-state index contributed by atoms with van der Waals surface area (Å²) in [6.07, 6.45) is 0. The van der Waals surface area contributed by atoms with Gasteiger partial charge in [-0.05, 0) is 38.5 Å². The summed E-state index contributed by atoms with van der Waals surface area (Å²) >= 11 is 0. The van der Waals surface area contributed by atoms with Crippen LogP contribution < -0.4 is 5.32 Å². The molecule has 2 aromatic rings. The van der Waals surface area contributed by atoms with E-state index in [1.807, 2.05) is 26.8 Å². The Hall–Kier alpha value is -1.86. The number of nitrogens with one attached hydrogen (secondary N) is 2. The molecule has 2 rings (SSSR count). The number of hydrogen-bond acceptors (Lipinski definition) is 3. The molecule has 0 aliphatic rings. The number of aromatic amines is 1. The molecule has 1 aromatic carbocycles. The van der Waals surface area contributed by atoms with Gasteiger partial charge in [-0.3, -0.25) is 0 Å². The Morgan fingerprint density at radius 1 is 1.44 bits per heavy atom. The summed E-state index contributed by atoms with van der Waals surface area (Å²) in [4.78, 5) is 7.59. The monoisotopic (exact) mass is 242 g/mol. The highest BCUT2D eigenvalue weighted by molar-refractivity contribution is 5.75. The number of hydrogen-bond donors (Lipinski definition) is 2. The molecule has 94 valence electrons. The van der Waals surface area contributed by atoms with Crippen molar-refractivity contribution in [1.29, 1.82) is 5.26 Å². The van der Waals surface area contributed by atoms with Gasteiger partial charge in [0.05, 0.1) is 22.5 Å². The summed E-state index contributed by atoms with van der Waals surface area (Å²) < 4.78 is 0. The fourth-order valence-corrected chi connectivity index (χ4v) is 1.85. The van der Waals surface area contributed by atoms with Gasteiger partial charge in [0.15, 0.2) is 0 Å². The molecule has 0 spiro atoms. The summed E-state index contributed by atoms with van der Waals surface area (Å²) in [5.41, 5.74) is 2.93. The zero-order chi connectivity index (χ0) is 13.2. The minimum atomic E-state index is -0.325. The van der Waals surface area contributed by atoms with Crippen molar-refractivity contribution in [3.05, 3.63) is 29.6 Å². The highest BCUT2D eigenvalue weighted by Gasteiger charge is 2.15. The molecule has 0 unspecified atom stereocenters. The molecule has 2 N–H and O–H groups in total. The third-order valence-corrected chi connectivity index (χ3v) is 2.86. The van der Waals surface area contributed by atoms with Gasteiger partial charge in [-0.1, -0.05) is 6.07 Å². The van der Waals surface area contributed by atoms with Crippen LogP contribution in [0.4, 0.5) is 0 Å². The van der Waals surface area contributed by atoms with Crippen LogP contribution in [0.15, 0.2) is 18.2 Å². The van der Waals surface area contributed by atoms with Gasteiger partial charge < -0.3 is 10.3 Å². The Bertz CT molecular complexity index is 589. The van der Waals surface area contributed by atoms with E-state index in [2.05, 4.69) is 33.5 Å². The summed E-state index contributed by atoms with van der Waals surface area (Å²) in [6.45, 7) is 7.26. The van der Waals surface area contributed by atoms with Crippen molar-refractivity contribution in [3.8, 4) is 6.07 Å². The lowest BCUT2D eigenvalue weighted by Gasteiger charge is -2.15. The fraction of sp³-hybridized carbons (Fsp3) is 0.429. The summed E-state index contributed by atoms with van der Waals surface area (Å²) in [5, 5.41) is 12.2. The van der Waals surface area contributed by atoms with Crippen LogP contribution in [0.2, 0.25) is 0 Å². The predicted molar refractivity (Wildman–Crippen MR) is 71.9 cm³/mol. The molecule has 0 bridgehead atoms. The van der Waals surface area contributed by atoms with Crippen molar-refractivity contribution in [2.24, 2.45) is 5.41 Å². The average Bonchev–Trinajstić information content (AvgIpc) is 2.68. The highest BCUT2D eigenvalue weighted by atomic mass is 14.9. The number of rotatable bonds is 4. The molecule has 0 aliphatic carbocycles. The van der Waals surface area contributed by atoms with Crippen LogP contribution >= 0.6 is 0 Å². The molecule has 0 aliphatic heterocycles. The zero-order valence-electron chi connectivity index (χ0n) is 11.0. The topological polar surface area (TPSA) is 64.5 Å². The molecular formula is C14H18N4. The zero-order valence-corrected chi connectivity index (χ0v) is 11.0. The van der Waals surface area contributed by atoms with Crippen molar-refractivity contribution in [2.45, 2.75) is 27.3 Å². The van der Waals surface area contributed by atoms with Crippen LogP contribution in [-0.2, 0) is 6.54 Å². The van der Waals surface area contributed by atoms with Gasteiger partial charge >= 0.3 is 0 Å². The lowest BCUT2D eigenvalue weighted by Crippen LogP contribution is -2.27. The lowest BCUT2D eigenvalue weighted by molar-refractivity contribution is 0.445.